The highest BCUT2D eigenvalue weighted by Gasteiger charge is 2.18. The molecule has 1 aromatic carbocycles. The summed E-state index contributed by atoms with van der Waals surface area (Å²) in [4.78, 5) is 2.02. The topological polar surface area (TPSA) is 49.5 Å². The number of nitrogen functional groups attached to an aromatic ring is 1. The van der Waals surface area contributed by atoms with Crippen LogP contribution < -0.4 is 10.6 Å². The Morgan fingerprint density at radius 3 is 2.67 bits per heavy atom. The number of nitrogens with zero attached hydrogens (tertiary/aromatic N) is 1. The van der Waals surface area contributed by atoms with Gasteiger partial charge in [0.25, 0.3) is 0 Å². The highest BCUT2D eigenvalue weighted by atomic mass is 19.1. The van der Waals surface area contributed by atoms with Crippen molar-refractivity contribution in [2.45, 2.75) is 18.9 Å². The smallest absolute Gasteiger partial charge is 0.125 e. The summed E-state index contributed by atoms with van der Waals surface area (Å²) in [5, 5.41) is 9.37. The summed E-state index contributed by atoms with van der Waals surface area (Å²) in [6, 6.07) is 4.39. The molecule has 1 fully saturated rings. The predicted molar refractivity (Wildman–Crippen MR) is 58.3 cm³/mol. The lowest BCUT2D eigenvalue weighted by Gasteiger charge is -2.32. The van der Waals surface area contributed by atoms with Gasteiger partial charge in [0.15, 0.2) is 0 Å². The summed E-state index contributed by atoms with van der Waals surface area (Å²) in [7, 11) is 0. The van der Waals surface area contributed by atoms with Crippen molar-refractivity contribution in [3.63, 3.8) is 0 Å². The van der Waals surface area contributed by atoms with Gasteiger partial charge in [-0.1, -0.05) is 0 Å². The second-order valence-electron chi connectivity index (χ2n) is 3.92. The van der Waals surface area contributed by atoms with Crippen molar-refractivity contribution in [1.29, 1.82) is 0 Å². The molecule has 0 aromatic heterocycles. The van der Waals surface area contributed by atoms with Crippen LogP contribution in [0.15, 0.2) is 18.2 Å². The summed E-state index contributed by atoms with van der Waals surface area (Å²) >= 11 is 0. The zero-order valence-electron chi connectivity index (χ0n) is 8.49. The van der Waals surface area contributed by atoms with Gasteiger partial charge in [-0.05, 0) is 31.0 Å². The molecule has 1 saturated heterocycles. The molecule has 82 valence electrons. The van der Waals surface area contributed by atoms with Crippen molar-refractivity contribution < 1.29 is 9.50 Å². The molecule has 1 heterocycles. The van der Waals surface area contributed by atoms with Crippen LogP contribution >= 0.6 is 0 Å². The molecule has 0 aliphatic carbocycles. The summed E-state index contributed by atoms with van der Waals surface area (Å²) in [5.41, 5.74) is 7.11. The first kappa shape index (κ1) is 10.2. The largest absolute Gasteiger partial charge is 0.397 e. The molecule has 1 aliphatic rings. The average Bonchev–Trinajstić information content (AvgIpc) is 2.23. The van der Waals surface area contributed by atoms with Crippen molar-refractivity contribution in [2.24, 2.45) is 0 Å². The van der Waals surface area contributed by atoms with Crippen LogP contribution in [0.3, 0.4) is 0 Å². The molecule has 0 amide bonds. The Morgan fingerprint density at radius 1 is 1.33 bits per heavy atom. The Morgan fingerprint density at radius 2 is 2.00 bits per heavy atom. The molecule has 3 nitrogen and oxygen atoms in total. The van der Waals surface area contributed by atoms with Gasteiger partial charge in [-0.2, -0.15) is 0 Å². The normalized spacial score (nSPS) is 18.1. The van der Waals surface area contributed by atoms with Crippen LogP contribution in [0.1, 0.15) is 12.8 Å². The fraction of sp³-hybridized carbons (Fsp3) is 0.455. The zero-order valence-corrected chi connectivity index (χ0v) is 8.49. The van der Waals surface area contributed by atoms with Gasteiger partial charge in [-0.25, -0.2) is 4.39 Å². The van der Waals surface area contributed by atoms with Crippen molar-refractivity contribution in [3.05, 3.63) is 24.0 Å². The van der Waals surface area contributed by atoms with Crippen molar-refractivity contribution in [3.8, 4) is 0 Å². The molecular weight excluding hydrogens is 195 g/mol. The monoisotopic (exact) mass is 210 g/mol. The van der Waals surface area contributed by atoms with Crippen LogP contribution in [0.4, 0.5) is 15.8 Å². The molecular formula is C11H15FN2O. The Hall–Kier alpha value is -1.29. The number of aliphatic hydroxyl groups is 1. The van der Waals surface area contributed by atoms with E-state index in [9.17, 15) is 9.50 Å². The molecule has 0 atom stereocenters. The summed E-state index contributed by atoms with van der Waals surface area (Å²) in [5.74, 6) is -0.273. The molecule has 0 radical (unpaired) electrons. The average molecular weight is 210 g/mol. The van der Waals surface area contributed by atoms with Gasteiger partial charge in [0.1, 0.15) is 5.82 Å². The maximum Gasteiger partial charge on any atom is 0.125 e. The number of hydrogen-bond acceptors (Lipinski definition) is 3. The first-order valence-corrected chi connectivity index (χ1v) is 5.15. The first-order chi connectivity index (χ1) is 7.16. The van der Waals surface area contributed by atoms with Gasteiger partial charge in [0.05, 0.1) is 17.5 Å². The number of nitrogens with two attached hydrogens (primary N) is 1. The molecule has 1 aromatic rings. The Labute approximate surface area is 88.3 Å². The number of aliphatic hydroxyl groups excluding tert-OH is 1. The van der Waals surface area contributed by atoms with Gasteiger partial charge in [-0.3, -0.25) is 0 Å². The lowest BCUT2D eigenvalue weighted by molar-refractivity contribution is 0.145. The van der Waals surface area contributed by atoms with E-state index in [1.54, 1.807) is 6.07 Å². The van der Waals surface area contributed by atoms with Crippen molar-refractivity contribution >= 4 is 11.4 Å². The number of anilines is 2. The number of rotatable bonds is 1. The van der Waals surface area contributed by atoms with E-state index in [4.69, 9.17) is 5.73 Å². The first-order valence-electron chi connectivity index (χ1n) is 5.15. The van der Waals surface area contributed by atoms with E-state index in [1.165, 1.54) is 12.1 Å². The summed E-state index contributed by atoms with van der Waals surface area (Å²) in [6.45, 7) is 1.46. The second-order valence-corrected chi connectivity index (χ2v) is 3.92. The second kappa shape index (κ2) is 4.06. The molecule has 15 heavy (non-hydrogen) atoms. The molecule has 3 N–H and O–H groups in total. The number of hydrogen-bond donors (Lipinski definition) is 2. The van der Waals surface area contributed by atoms with Crippen LogP contribution in [0.25, 0.3) is 0 Å². The van der Waals surface area contributed by atoms with Crippen LogP contribution in [-0.2, 0) is 0 Å². The highest BCUT2D eigenvalue weighted by molar-refractivity contribution is 5.67. The number of piperidine rings is 1. The van der Waals surface area contributed by atoms with Crippen LogP contribution in [0, 0.1) is 5.82 Å². The van der Waals surface area contributed by atoms with Gasteiger partial charge in [0, 0.05) is 13.1 Å². The van der Waals surface area contributed by atoms with Gasteiger partial charge in [-0.15, -0.1) is 0 Å². The van der Waals surface area contributed by atoms with Crippen LogP contribution in [0.2, 0.25) is 0 Å². The quantitative estimate of drug-likeness (QED) is 0.688. The third-order valence-corrected chi connectivity index (χ3v) is 2.80. The minimum atomic E-state index is -0.273. The van der Waals surface area contributed by atoms with Crippen molar-refractivity contribution in [1.82, 2.24) is 0 Å². The predicted octanol–water partition coefficient (Wildman–Crippen LogP) is 1.37. The fourth-order valence-electron chi connectivity index (χ4n) is 1.90. The fourth-order valence-corrected chi connectivity index (χ4v) is 1.90. The third kappa shape index (κ3) is 2.21. The van der Waals surface area contributed by atoms with Crippen molar-refractivity contribution in [2.75, 3.05) is 23.7 Å². The highest BCUT2D eigenvalue weighted by Crippen LogP contribution is 2.26. The minimum Gasteiger partial charge on any atom is -0.397 e. The lowest BCUT2D eigenvalue weighted by Crippen LogP contribution is -2.36. The molecule has 0 spiro atoms. The Kier molecular flexibility index (Phi) is 2.77. The Balaban J connectivity index is 2.18. The lowest BCUT2D eigenvalue weighted by atomic mass is 10.1. The van der Waals surface area contributed by atoms with E-state index in [0.29, 0.717) is 5.69 Å². The maximum absolute atomic E-state index is 13.0. The maximum atomic E-state index is 13.0. The molecule has 0 saturated carbocycles. The van der Waals surface area contributed by atoms with E-state index in [1.807, 2.05) is 4.90 Å². The summed E-state index contributed by atoms with van der Waals surface area (Å²) in [6.07, 6.45) is 1.21. The van der Waals surface area contributed by atoms with E-state index in [0.717, 1.165) is 31.6 Å². The van der Waals surface area contributed by atoms with Gasteiger partial charge < -0.3 is 15.7 Å². The summed E-state index contributed by atoms with van der Waals surface area (Å²) < 4.78 is 13.0. The minimum absolute atomic E-state index is 0.226. The number of halogens is 1. The number of benzene rings is 1. The van der Waals surface area contributed by atoms with E-state index in [-0.39, 0.29) is 11.9 Å². The van der Waals surface area contributed by atoms with Crippen LogP contribution in [0.5, 0.6) is 0 Å². The zero-order chi connectivity index (χ0) is 10.8. The molecule has 4 heteroatoms. The van der Waals surface area contributed by atoms with E-state index in [2.05, 4.69) is 0 Å². The standard InChI is InChI=1S/C11H15FN2O/c12-8-1-2-10(13)11(7-8)14-5-3-9(15)4-6-14/h1-2,7,9,15H,3-6,13H2. The Bertz CT molecular complexity index is 348. The van der Waals surface area contributed by atoms with Gasteiger partial charge in [0.2, 0.25) is 0 Å². The SMILES string of the molecule is Nc1ccc(F)cc1N1CCC(O)CC1. The molecule has 1 aliphatic heterocycles. The molecule has 0 bridgehead atoms. The third-order valence-electron chi connectivity index (χ3n) is 2.80. The van der Waals surface area contributed by atoms with E-state index >= 15 is 0 Å². The van der Waals surface area contributed by atoms with E-state index < -0.39 is 0 Å². The molecule has 0 unspecified atom stereocenters. The molecule has 2 rings (SSSR count). The van der Waals surface area contributed by atoms with Gasteiger partial charge >= 0.3 is 0 Å². The van der Waals surface area contributed by atoms with Crippen LogP contribution in [-0.4, -0.2) is 24.3 Å².